The molecule has 2 aromatic rings. The van der Waals surface area contributed by atoms with Crippen LogP contribution in [-0.4, -0.2) is 17.0 Å². The average Bonchev–Trinajstić information content (AvgIpc) is 3.16. The van der Waals surface area contributed by atoms with E-state index >= 15 is 0 Å². The van der Waals surface area contributed by atoms with Gasteiger partial charge in [0.15, 0.2) is 10.1 Å². The van der Waals surface area contributed by atoms with E-state index in [4.69, 9.17) is 4.74 Å². The van der Waals surface area contributed by atoms with Gasteiger partial charge in [-0.05, 0) is 30.2 Å². The molecule has 0 bridgehead atoms. The minimum Gasteiger partial charge on any atom is -0.490 e. The Morgan fingerprint density at radius 1 is 1.40 bits per heavy atom. The summed E-state index contributed by atoms with van der Waals surface area (Å²) in [6.45, 7) is 0. The molecule has 1 aromatic carbocycles. The number of hydrogen-bond acceptors (Lipinski definition) is 6. The number of amides is 1. The molecule has 1 aliphatic rings. The van der Waals surface area contributed by atoms with Crippen LogP contribution in [0.3, 0.4) is 0 Å². The average molecular weight is 289 g/mol. The monoisotopic (exact) mass is 289 g/mol. The zero-order valence-electron chi connectivity index (χ0n) is 10.4. The lowest BCUT2D eigenvalue weighted by molar-refractivity contribution is 0.102. The second-order valence-electron chi connectivity index (χ2n) is 4.36. The van der Waals surface area contributed by atoms with Crippen molar-refractivity contribution < 1.29 is 9.53 Å². The number of anilines is 1. The van der Waals surface area contributed by atoms with Crippen molar-refractivity contribution in [2.24, 2.45) is 5.18 Å². The van der Waals surface area contributed by atoms with E-state index in [2.05, 4.69) is 15.5 Å². The predicted molar refractivity (Wildman–Crippen MR) is 75.6 cm³/mol. The summed E-state index contributed by atoms with van der Waals surface area (Å²) in [5.41, 5.74) is 0.454. The fourth-order valence-electron chi connectivity index (χ4n) is 1.65. The van der Waals surface area contributed by atoms with Gasteiger partial charge in [-0.3, -0.25) is 10.1 Å². The van der Waals surface area contributed by atoms with Crippen molar-refractivity contribution in [3.8, 4) is 5.75 Å². The first-order chi connectivity index (χ1) is 9.76. The highest BCUT2D eigenvalue weighted by Crippen LogP contribution is 2.30. The smallest absolute Gasteiger partial charge is 0.261 e. The topological polar surface area (TPSA) is 80.7 Å². The quantitative estimate of drug-likeness (QED) is 0.856. The lowest BCUT2D eigenvalue weighted by Crippen LogP contribution is -2.13. The minimum absolute atomic E-state index is 0.217. The van der Waals surface area contributed by atoms with Gasteiger partial charge < -0.3 is 4.74 Å². The molecule has 0 aliphatic heterocycles. The lowest BCUT2D eigenvalue weighted by atomic mass is 10.2. The van der Waals surface area contributed by atoms with E-state index < -0.39 is 0 Å². The number of rotatable bonds is 5. The summed E-state index contributed by atoms with van der Waals surface area (Å²) in [5, 5.41) is 5.97. The summed E-state index contributed by atoms with van der Waals surface area (Å²) in [6.07, 6.45) is 3.59. The summed E-state index contributed by atoms with van der Waals surface area (Å²) < 4.78 is 5.70. The van der Waals surface area contributed by atoms with Crippen molar-refractivity contribution >= 4 is 27.4 Å². The molecular formula is C13H11N3O3S. The van der Waals surface area contributed by atoms with E-state index in [0.717, 1.165) is 24.2 Å². The molecule has 1 saturated carbocycles. The SMILES string of the molecule is O=Nc1cnc(NC(=O)c2ccccc2OC2CC2)s1. The second kappa shape index (κ2) is 5.38. The van der Waals surface area contributed by atoms with Crippen LogP contribution >= 0.6 is 11.3 Å². The van der Waals surface area contributed by atoms with Gasteiger partial charge >= 0.3 is 0 Å². The summed E-state index contributed by atoms with van der Waals surface area (Å²) in [4.78, 5) is 26.5. The van der Waals surface area contributed by atoms with Gasteiger partial charge in [0.05, 0.1) is 17.9 Å². The first-order valence-corrected chi connectivity index (χ1v) is 6.94. The molecule has 0 unspecified atom stereocenters. The Labute approximate surface area is 118 Å². The number of nitrogens with zero attached hydrogens (tertiary/aromatic N) is 2. The standard InChI is InChI=1S/C13H11N3O3S/c17-12(15-13-14-7-11(16-18)20-13)9-3-1-2-4-10(9)19-8-5-6-8/h1-4,7-8H,5-6H2,(H,14,15,17). The highest BCUT2D eigenvalue weighted by molar-refractivity contribution is 7.19. The number of nitrogens with one attached hydrogen (secondary N) is 1. The maximum absolute atomic E-state index is 12.2. The van der Waals surface area contributed by atoms with Gasteiger partial charge in [-0.1, -0.05) is 23.5 Å². The molecule has 1 aromatic heterocycles. The second-order valence-corrected chi connectivity index (χ2v) is 5.37. The first-order valence-electron chi connectivity index (χ1n) is 6.12. The van der Waals surface area contributed by atoms with Crippen molar-refractivity contribution in [3.63, 3.8) is 0 Å². The summed E-state index contributed by atoms with van der Waals surface area (Å²) >= 11 is 1.02. The van der Waals surface area contributed by atoms with Gasteiger partial charge in [-0.25, -0.2) is 4.98 Å². The van der Waals surface area contributed by atoms with Crippen LogP contribution < -0.4 is 10.1 Å². The van der Waals surface area contributed by atoms with E-state index in [0.29, 0.717) is 16.4 Å². The third-order valence-electron chi connectivity index (χ3n) is 2.75. The molecule has 0 spiro atoms. The van der Waals surface area contributed by atoms with Crippen LogP contribution in [-0.2, 0) is 0 Å². The molecule has 1 aliphatic carbocycles. The highest BCUT2D eigenvalue weighted by Gasteiger charge is 2.25. The number of aromatic nitrogens is 1. The van der Waals surface area contributed by atoms with Crippen LogP contribution in [0.4, 0.5) is 10.1 Å². The molecule has 0 radical (unpaired) electrons. The Kier molecular flexibility index (Phi) is 3.42. The predicted octanol–water partition coefficient (Wildman–Crippen LogP) is 3.33. The van der Waals surface area contributed by atoms with E-state index in [1.165, 1.54) is 6.20 Å². The van der Waals surface area contributed by atoms with Crippen molar-refractivity contribution in [1.29, 1.82) is 0 Å². The zero-order chi connectivity index (χ0) is 13.9. The minimum atomic E-state index is -0.312. The summed E-state index contributed by atoms with van der Waals surface area (Å²) in [6, 6.07) is 7.06. The van der Waals surface area contributed by atoms with Gasteiger partial charge in [0.1, 0.15) is 5.75 Å². The van der Waals surface area contributed by atoms with Crippen molar-refractivity contribution in [3.05, 3.63) is 40.9 Å². The van der Waals surface area contributed by atoms with Crippen molar-refractivity contribution in [2.75, 3.05) is 5.32 Å². The largest absolute Gasteiger partial charge is 0.490 e. The molecule has 1 heterocycles. The molecule has 1 amide bonds. The Hall–Kier alpha value is -2.28. The molecule has 3 rings (SSSR count). The lowest BCUT2D eigenvalue weighted by Gasteiger charge is -2.09. The third-order valence-corrected chi connectivity index (χ3v) is 3.54. The number of para-hydroxylation sites is 1. The van der Waals surface area contributed by atoms with Gasteiger partial charge in [0, 0.05) is 0 Å². The summed E-state index contributed by atoms with van der Waals surface area (Å²) in [5.74, 6) is 0.255. The molecule has 0 saturated heterocycles. The number of benzene rings is 1. The number of nitroso groups, excluding NO2 is 1. The normalized spacial score (nSPS) is 13.8. The fraction of sp³-hybridized carbons (Fsp3) is 0.231. The molecule has 6 nitrogen and oxygen atoms in total. The van der Waals surface area contributed by atoms with Crippen LogP contribution in [0.25, 0.3) is 0 Å². The van der Waals surface area contributed by atoms with Crippen LogP contribution in [0.15, 0.2) is 35.6 Å². The Morgan fingerprint density at radius 2 is 2.20 bits per heavy atom. The van der Waals surface area contributed by atoms with Crippen LogP contribution in [0.2, 0.25) is 0 Å². The molecule has 0 atom stereocenters. The number of carbonyl (C=O) groups is 1. The zero-order valence-corrected chi connectivity index (χ0v) is 11.2. The summed E-state index contributed by atoms with van der Waals surface area (Å²) in [7, 11) is 0. The number of carbonyl (C=O) groups excluding carboxylic acids is 1. The molecule has 7 heteroatoms. The Balaban J connectivity index is 1.77. The van der Waals surface area contributed by atoms with Crippen LogP contribution in [0.1, 0.15) is 23.2 Å². The van der Waals surface area contributed by atoms with Gasteiger partial charge in [-0.15, -0.1) is 4.91 Å². The molecular weight excluding hydrogens is 278 g/mol. The van der Waals surface area contributed by atoms with E-state index in [1.54, 1.807) is 18.2 Å². The van der Waals surface area contributed by atoms with Gasteiger partial charge in [-0.2, -0.15) is 0 Å². The van der Waals surface area contributed by atoms with Crippen LogP contribution in [0.5, 0.6) is 5.75 Å². The number of hydrogen-bond donors (Lipinski definition) is 1. The van der Waals surface area contributed by atoms with Crippen molar-refractivity contribution in [2.45, 2.75) is 18.9 Å². The van der Waals surface area contributed by atoms with Gasteiger partial charge in [0.2, 0.25) is 0 Å². The maximum Gasteiger partial charge on any atom is 0.261 e. The molecule has 1 fully saturated rings. The first kappa shape index (κ1) is 12.7. The number of thiazole rings is 1. The Bertz CT molecular complexity index is 652. The number of ether oxygens (including phenoxy) is 1. The highest BCUT2D eigenvalue weighted by atomic mass is 32.1. The molecule has 102 valence electrons. The van der Waals surface area contributed by atoms with E-state index in [1.807, 2.05) is 6.07 Å². The fourth-order valence-corrected chi connectivity index (χ4v) is 2.24. The maximum atomic E-state index is 12.2. The molecule has 1 N–H and O–H groups in total. The van der Waals surface area contributed by atoms with Crippen molar-refractivity contribution in [1.82, 2.24) is 4.98 Å². The third kappa shape index (κ3) is 2.83. The Morgan fingerprint density at radius 3 is 2.90 bits per heavy atom. The van der Waals surface area contributed by atoms with Gasteiger partial charge in [0.25, 0.3) is 5.91 Å². The molecule has 20 heavy (non-hydrogen) atoms. The van der Waals surface area contributed by atoms with Crippen LogP contribution in [0, 0.1) is 4.91 Å². The van der Waals surface area contributed by atoms with E-state index in [9.17, 15) is 9.70 Å². The van der Waals surface area contributed by atoms with E-state index in [-0.39, 0.29) is 17.0 Å².